The van der Waals surface area contributed by atoms with Crippen molar-refractivity contribution in [3.8, 4) is 0 Å². The van der Waals surface area contributed by atoms with Crippen molar-refractivity contribution in [2.24, 2.45) is 0 Å². The van der Waals surface area contributed by atoms with Crippen LogP contribution in [0.3, 0.4) is 0 Å². The lowest BCUT2D eigenvalue weighted by atomic mass is 10.1. The standard InChI is InChI=1S/C27H35N3O4S/c1-21-19-28-20-23-14-8-15-24(25(21)23)35(32,33)30(17-9-13-22-11-6-5-7-12-22)18-10-16-29-26(31)34-27(2,3)4/h5-8,11-12,14-15,19-20H,9-10,13,16-18H2,1-4H3,(H,29,31). The first-order chi connectivity index (χ1) is 16.6. The van der Waals surface area contributed by atoms with E-state index >= 15 is 0 Å². The molecule has 0 saturated carbocycles. The van der Waals surface area contributed by atoms with Crippen LogP contribution in [0, 0.1) is 6.92 Å². The number of fused-ring (bicyclic) bond motifs is 1. The first-order valence-corrected chi connectivity index (χ1v) is 13.4. The average molecular weight is 498 g/mol. The highest BCUT2D eigenvalue weighted by molar-refractivity contribution is 7.89. The molecular formula is C27H35N3O4S. The first kappa shape index (κ1) is 26.6. The molecule has 1 N–H and O–H groups in total. The number of sulfonamides is 1. The molecule has 1 amide bonds. The summed E-state index contributed by atoms with van der Waals surface area (Å²) in [7, 11) is -3.77. The Kier molecular flexibility index (Phi) is 8.86. The van der Waals surface area contributed by atoms with Crippen molar-refractivity contribution < 1.29 is 17.9 Å². The van der Waals surface area contributed by atoms with Gasteiger partial charge in [0.1, 0.15) is 5.60 Å². The summed E-state index contributed by atoms with van der Waals surface area (Å²) in [4.78, 5) is 16.5. The van der Waals surface area contributed by atoms with E-state index in [2.05, 4.69) is 10.3 Å². The molecule has 0 fully saturated rings. The fourth-order valence-electron chi connectivity index (χ4n) is 3.94. The lowest BCUT2D eigenvalue weighted by Crippen LogP contribution is -2.37. The number of alkyl carbamates (subject to hydrolysis) is 1. The van der Waals surface area contributed by atoms with Gasteiger partial charge in [0, 0.05) is 42.8 Å². The highest BCUT2D eigenvalue weighted by atomic mass is 32.2. The van der Waals surface area contributed by atoms with Gasteiger partial charge in [-0.1, -0.05) is 42.5 Å². The summed E-state index contributed by atoms with van der Waals surface area (Å²) in [5.74, 6) is 0. The molecule has 8 heteroatoms. The maximum atomic E-state index is 13.9. The van der Waals surface area contributed by atoms with Crippen molar-refractivity contribution in [2.45, 2.75) is 57.5 Å². The largest absolute Gasteiger partial charge is 0.444 e. The van der Waals surface area contributed by atoms with Crippen molar-refractivity contribution in [2.75, 3.05) is 19.6 Å². The van der Waals surface area contributed by atoms with E-state index in [9.17, 15) is 13.2 Å². The van der Waals surface area contributed by atoms with Gasteiger partial charge in [0.15, 0.2) is 0 Å². The van der Waals surface area contributed by atoms with E-state index in [4.69, 9.17) is 4.74 Å². The summed E-state index contributed by atoms with van der Waals surface area (Å²) in [5.41, 5.74) is 1.40. The molecule has 0 aliphatic heterocycles. The van der Waals surface area contributed by atoms with Gasteiger partial charge in [-0.05, 0) is 64.2 Å². The van der Waals surface area contributed by atoms with Crippen LogP contribution in [-0.4, -0.2) is 49.0 Å². The summed E-state index contributed by atoms with van der Waals surface area (Å²) in [6, 6.07) is 15.3. The van der Waals surface area contributed by atoms with Crippen LogP contribution in [0.5, 0.6) is 0 Å². The molecule has 3 rings (SSSR count). The van der Waals surface area contributed by atoms with Crippen molar-refractivity contribution in [3.05, 3.63) is 72.1 Å². The monoisotopic (exact) mass is 497 g/mol. The Labute approximate surface area is 208 Å². The minimum absolute atomic E-state index is 0.285. The third-order valence-corrected chi connectivity index (χ3v) is 7.46. The normalized spacial score (nSPS) is 12.1. The third kappa shape index (κ3) is 7.50. The van der Waals surface area contributed by atoms with E-state index in [0.717, 1.165) is 17.4 Å². The fraction of sp³-hybridized carbons (Fsp3) is 0.407. The van der Waals surface area contributed by atoms with Crippen LogP contribution < -0.4 is 5.32 Å². The Morgan fingerprint density at radius 2 is 1.71 bits per heavy atom. The summed E-state index contributed by atoms with van der Waals surface area (Å²) in [6.07, 6.45) is 4.80. The number of nitrogens with one attached hydrogen (secondary N) is 1. The Morgan fingerprint density at radius 1 is 1.00 bits per heavy atom. The van der Waals surface area contributed by atoms with Gasteiger partial charge < -0.3 is 10.1 Å². The average Bonchev–Trinajstić information content (AvgIpc) is 2.80. The van der Waals surface area contributed by atoms with Crippen molar-refractivity contribution in [1.29, 1.82) is 0 Å². The molecule has 188 valence electrons. The Hall–Kier alpha value is -2.97. The molecule has 0 aliphatic carbocycles. The van der Waals surface area contributed by atoms with Crippen LogP contribution in [-0.2, 0) is 21.2 Å². The summed E-state index contributed by atoms with van der Waals surface area (Å²) in [5, 5.41) is 4.21. The second-order valence-corrected chi connectivity index (χ2v) is 11.5. The summed E-state index contributed by atoms with van der Waals surface area (Å²) < 4.78 is 34.5. The second-order valence-electron chi connectivity index (χ2n) is 9.59. The number of carbonyl (C=O) groups is 1. The molecule has 2 aromatic carbocycles. The number of carbonyl (C=O) groups excluding carboxylic acids is 1. The van der Waals surface area contributed by atoms with E-state index in [-0.39, 0.29) is 11.4 Å². The van der Waals surface area contributed by atoms with Crippen LogP contribution >= 0.6 is 0 Å². The number of hydrogen-bond acceptors (Lipinski definition) is 5. The number of ether oxygens (including phenoxy) is 1. The number of aromatic nitrogens is 1. The Morgan fingerprint density at radius 3 is 2.43 bits per heavy atom. The maximum Gasteiger partial charge on any atom is 0.407 e. The SMILES string of the molecule is Cc1cncc2cccc(S(=O)(=O)N(CCCNC(=O)OC(C)(C)C)CCCc3ccccc3)c12. The molecule has 1 aromatic heterocycles. The number of amides is 1. The number of aryl methyl sites for hydroxylation is 2. The van der Waals surface area contributed by atoms with Crippen LogP contribution in [0.15, 0.2) is 65.8 Å². The van der Waals surface area contributed by atoms with E-state index in [1.54, 1.807) is 45.3 Å². The van der Waals surface area contributed by atoms with Crippen molar-refractivity contribution >= 4 is 26.9 Å². The predicted molar refractivity (Wildman–Crippen MR) is 139 cm³/mol. The van der Waals surface area contributed by atoms with Gasteiger partial charge in [-0.25, -0.2) is 13.2 Å². The molecule has 35 heavy (non-hydrogen) atoms. The zero-order chi connectivity index (χ0) is 25.5. The minimum Gasteiger partial charge on any atom is -0.444 e. The van der Waals surface area contributed by atoms with Crippen LogP contribution in [0.4, 0.5) is 4.79 Å². The Balaban J connectivity index is 1.77. The van der Waals surface area contributed by atoms with Gasteiger partial charge in [0.2, 0.25) is 10.0 Å². The number of pyridine rings is 1. The molecular weight excluding hydrogens is 462 g/mol. The number of benzene rings is 2. The summed E-state index contributed by atoms with van der Waals surface area (Å²) >= 11 is 0. The van der Waals surface area contributed by atoms with Gasteiger partial charge in [0.05, 0.1) is 4.90 Å². The number of rotatable bonds is 10. The molecule has 7 nitrogen and oxygen atoms in total. The highest BCUT2D eigenvalue weighted by Crippen LogP contribution is 2.28. The maximum absolute atomic E-state index is 13.9. The number of hydrogen-bond donors (Lipinski definition) is 1. The van der Waals surface area contributed by atoms with Crippen LogP contribution in [0.2, 0.25) is 0 Å². The second kappa shape index (κ2) is 11.6. The Bertz CT molecular complexity index is 1230. The molecule has 0 aliphatic rings. The van der Waals surface area contributed by atoms with Crippen molar-refractivity contribution in [1.82, 2.24) is 14.6 Å². The van der Waals surface area contributed by atoms with Gasteiger partial charge in [0.25, 0.3) is 0 Å². The van der Waals surface area contributed by atoms with E-state index in [0.29, 0.717) is 31.3 Å². The first-order valence-electron chi connectivity index (χ1n) is 11.9. The lowest BCUT2D eigenvalue weighted by Gasteiger charge is -2.24. The van der Waals surface area contributed by atoms with Gasteiger partial charge >= 0.3 is 6.09 Å². The minimum atomic E-state index is -3.77. The predicted octanol–water partition coefficient (Wildman–Crippen LogP) is 5.08. The van der Waals surface area contributed by atoms with E-state index < -0.39 is 21.7 Å². The fourth-order valence-corrected chi connectivity index (χ4v) is 5.75. The zero-order valence-electron chi connectivity index (χ0n) is 21.0. The van der Waals surface area contributed by atoms with E-state index in [1.807, 2.05) is 43.3 Å². The van der Waals surface area contributed by atoms with Crippen molar-refractivity contribution in [3.63, 3.8) is 0 Å². The molecule has 3 aromatic rings. The lowest BCUT2D eigenvalue weighted by molar-refractivity contribution is 0.0526. The van der Waals surface area contributed by atoms with Crippen LogP contribution in [0.1, 0.15) is 44.7 Å². The smallest absolute Gasteiger partial charge is 0.407 e. The molecule has 0 saturated heterocycles. The molecule has 0 unspecified atom stereocenters. The molecule has 0 atom stereocenters. The topological polar surface area (TPSA) is 88.6 Å². The number of nitrogens with zero attached hydrogens (tertiary/aromatic N) is 2. The zero-order valence-corrected chi connectivity index (χ0v) is 21.8. The van der Waals surface area contributed by atoms with Gasteiger partial charge in [-0.2, -0.15) is 4.31 Å². The highest BCUT2D eigenvalue weighted by Gasteiger charge is 2.26. The van der Waals surface area contributed by atoms with Gasteiger partial charge in [-0.15, -0.1) is 0 Å². The van der Waals surface area contributed by atoms with E-state index in [1.165, 1.54) is 9.87 Å². The van der Waals surface area contributed by atoms with Gasteiger partial charge in [-0.3, -0.25) is 4.98 Å². The van der Waals surface area contributed by atoms with Crippen LogP contribution in [0.25, 0.3) is 10.8 Å². The molecule has 0 spiro atoms. The molecule has 1 heterocycles. The third-order valence-electron chi connectivity index (χ3n) is 5.52. The molecule has 0 radical (unpaired) electrons. The summed E-state index contributed by atoms with van der Waals surface area (Å²) in [6.45, 7) is 8.26. The molecule has 0 bridgehead atoms. The quantitative estimate of drug-likeness (QED) is 0.395.